The number of hydrogen-bond acceptors (Lipinski definition) is 4. The van der Waals surface area contributed by atoms with Gasteiger partial charge in [-0.2, -0.15) is 0 Å². The van der Waals surface area contributed by atoms with Crippen molar-refractivity contribution in [3.05, 3.63) is 29.8 Å². The lowest BCUT2D eigenvalue weighted by Crippen LogP contribution is -2.42. The first-order valence-electron chi connectivity index (χ1n) is 9.09. The molecule has 1 unspecified atom stereocenters. The molecule has 7 heteroatoms. The fourth-order valence-electron chi connectivity index (χ4n) is 3.23. The average molecular weight is 361 g/mol. The zero-order valence-corrected chi connectivity index (χ0v) is 15.4. The number of carbonyl (C=O) groups is 3. The molecule has 1 aromatic carbocycles. The van der Waals surface area contributed by atoms with E-state index in [9.17, 15) is 14.4 Å². The largest absolute Gasteiger partial charge is 0.481 e. The van der Waals surface area contributed by atoms with Crippen LogP contribution in [0, 0.1) is 5.92 Å². The van der Waals surface area contributed by atoms with Crippen LogP contribution in [0.3, 0.4) is 0 Å². The number of carboxylic acid groups (broad SMARTS) is 1. The van der Waals surface area contributed by atoms with Crippen molar-refractivity contribution in [1.29, 1.82) is 0 Å². The summed E-state index contributed by atoms with van der Waals surface area (Å²) in [7, 11) is 0. The number of aliphatic carboxylic acids is 1. The maximum Gasteiger partial charge on any atom is 0.307 e. The first-order valence-corrected chi connectivity index (χ1v) is 9.09. The van der Waals surface area contributed by atoms with E-state index in [-0.39, 0.29) is 18.4 Å². The van der Waals surface area contributed by atoms with E-state index in [1.54, 1.807) is 29.2 Å². The number of anilines is 1. The number of hydrogen-bond donors (Lipinski definition) is 2. The third-order valence-corrected chi connectivity index (χ3v) is 4.67. The van der Waals surface area contributed by atoms with Crippen molar-refractivity contribution in [2.45, 2.75) is 26.7 Å². The predicted molar refractivity (Wildman–Crippen MR) is 99.1 cm³/mol. The molecule has 0 radical (unpaired) electrons. The van der Waals surface area contributed by atoms with Gasteiger partial charge >= 0.3 is 5.97 Å². The van der Waals surface area contributed by atoms with Crippen molar-refractivity contribution in [3.8, 4) is 0 Å². The van der Waals surface area contributed by atoms with Gasteiger partial charge in [0.15, 0.2) is 0 Å². The number of benzene rings is 1. The van der Waals surface area contributed by atoms with Gasteiger partial charge in [0.25, 0.3) is 5.91 Å². The molecule has 0 spiro atoms. The first-order chi connectivity index (χ1) is 12.4. The van der Waals surface area contributed by atoms with E-state index < -0.39 is 11.9 Å². The standard InChI is InChI=1S/C19H27N3O4/c1-3-22(4-2)18(24)14-7-5-9-16(11-14)20-17(23)13-21-10-6-8-15(12-21)19(25)26/h5,7,9,11,15H,3-4,6,8,10,12-13H2,1-2H3,(H,20,23)(H,25,26). The number of rotatable bonds is 7. The van der Waals surface area contributed by atoms with Gasteiger partial charge in [0.05, 0.1) is 12.5 Å². The van der Waals surface area contributed by atoms with Crippen molar-refractivity contribution < 1.29 is 19.5 Å². The molecule has 142 valence electrons. The van der Waals surface area contributed by atoms with Gasteiger partial charge in [-0.05, 0) is 51.4 Å². The molecule has 1 aliphatic heterocycles. The molecule has 0 bridgehead atoms. The summed E-state index contributed by atoms with van der Waals surface area (Å²) in [5.41, 5.74) is 1.11. The van der Waals surface area contributed by atoms with Gasteiger partial charge in [0.1, 0.15) is 0 Å². The van der Waals surface area contributed by atoms with E-state index in [0.29, 0.717) is 37.3 Å². The number of carboxylic acids is 1. The molecular formula is C19H27N3O4. The number of nitrogens with one attached hydrogen (secondary N) is 1. The highest BCUT2D eigenvalue weighted by Crippen LogP contribution is 2.17. The van der Waals surface area contributed by atoms with Crippen LogP contribution in [0.2, 0.25) is 0 Å². The normalized spacial score (nSPS) is 17.5. The summed E-state index contributed by atoms with van der Waals surface area (Å²) in [5, 5.41) is 11.9. The summed E-state index contributed by atoms with van der Waals surface area (Å²) < 4.78 is 0. The van der Waals surface area contributed by atoms with E-state index in [1.807, 2.05) is 18.7 Å². The Morgan fingerprint density at radius 1 is 1.27 bits per heavy atom. The van der Waals surface area contributed by atoms with Crippen LogP contribution in [0.25, 0.3) is 0 Å². The molecule has 0 aromatic heterocycles. The van der Waals surface area contributed by atoms with E-state index in [4.69, 9.17) is 5.11 Å². The maximum atomic E-state index is 12.4. The molecule has 7 nitrogen and oxygen atoms in total. The minimum absolute atomic E-state index is 0.0635. The second kappa shape index (κ2) is 9.33. The van der Waals surface area contributed by atoms with Gasteiger partial charge < -0.3 is 15.3 Å². The highest BCUT2D eigenvalue weighted by molar-refractivity contribution is 5.97. The van der Waals surface area contributed by atoms with Gasteiger partial charge in [-0.25, -0.2) is 0 Å². The summed E-state index contributed by atoms with van der Waals surface area (Å²) in [6, 6.07) is 6.90. The van der Waals surface area contributed by atoms with Crippen molar-refractivity contribution in [2.24, 2.45) is 5.92 Å². The molecule has 2 rings (SSSR count). The van der Waals surface area contributed by atoms with Crippen molar-refractivity contribution in [2.75, 3.05) is 38.0 Å². The SMILES string of the molecule is CCN(CC)C(=O)c1cccc(NC(=O)CN2CCCC(C(=O)O)C2)c1. The molecule has 2 amide bonds. The third kappa shape index (κ3) is 5.29. The Balaban J connectivity index is 1.96. The minimum atomic E-state index is -0.808. The van der Waals surface area contributed by atoms with Crippen LogP contribution in [0.15, 0.2) is 24.3 Å². The summed E-state index contributed by atoms with van der Waals surface area (Å²) in [5.74, 6) is -1.49. The third-order valence-electron chi connectivity index (χ3n) is 4.67. The Morgan fingerprint density at radius 3 is 2.65 bits per heavy atom. The van der Waals surface area contributed by atoms with Gasteiger partial charge in [-0.15, -0.1) is 0 Å². The lowest BCUT2D eigenvalue weighted by molar-refractivity contribution is -0.144. The van der Waals surface area contributed by atoms with Crippen LogP contribution in [-0.2, 0) is 9.59 Å². The average Bonchev–Trinajstić information content (AvgIpc) is 2.63. The fraction of sp³-hybridized carbons (Fsp3) is 0.526. The van der Waals surface area contributed by atoms with E-state index in [1.165, 1.54) is 0 Å². The molecule has 1 fully saturated rings. The highest BCUT2D eigenvalue weighted by Gasteiger charge is 2.26. The minimum Gasteiger partial charge on any atom is -0.481 e. The first kappa shape index (κ1) is 19.9. The quantitative estimate of drug-likeness (QED) is 0.774. The summed E-state index contributed by atoms with van der Waals surface area (Å²) in [4.78, 5) is 39.4. The monoisotopic (exact) mass is 361 g/mol. The molecule has 1 heterocycles. The molecule has 0 saturated carbocycles. The van der Waals surface area contributed by atoms with Crippen LogP contribution >= 0.6 is 0 Å². The van der Waals surface area contributed by atoms with Gasteiger partial charge in [-0.3, -0.25) is 19.3 Å². The second-order valence-corrected chi connectivity index (χ2v) is 6.52. The molecule has 0 aliphatic carbocycles. The Morgan fingerprint density at radius 2 is 2.00 bits per heavy atom. The van der Waals surface area contributed by atoms with Gasteiger partial charge in [-0.1, -0.05) is 6.07 Å². The van der Waals surface area contributed by atoms with Gasteiger partial charge in [0, 0.05) is 30.9 Å². The molecule has 1 atom stereocenters. The van der Waals surface area contributed by atoms with Crippen molar-refractivity contribution in [3.63, 3.8) is 0 Å². The summed E-state index contributed by atoms with van der Waals surface area (Å²) in [6.07, 6.45) is 1.43. The van der Waals surface area contributed by atoms with E-state index in [0.717, 1.165) is 13.0 Å². The topological polar surface area (TPSA) is 90.0 Å². The molecular weight excluding hydrogens is 334 g/mol. The Labute approximate surface area is 154 Å². The number of nitrogens with zero attached hydrogens (tertiary/aromatic N) is 2. The van der Waals surface area contributed by atoms with Crippen LogP contribution in [0.4, 0.5) is 5.69 Å². The lowest BCUT2D eigenvalue weighted by Gasteiger charge is -2.29. The van der Waals surface area contributed by atoms with Crippen molar-refractivity contribution in [1.82, 2.24) is 9.80 Å². The molecule has 1 aromatic rings. The van der Waals surface area contributed by atoms with Crippen LogP contribution in [-0.4, -0.2) is 65.4 Å². The fourth-order valence-corrected chi connectivity index (χ4v) is 3.23. The number of likely N-dealkylation sites (tertiary alicyclic amines) is 1. The number of amides is 2. The lowest BCUT2D eigenvalue weighted by atomic mass is 9.98. The van der Waals surface area contributed by atoms with Gasteiger partial charge in [0.2, 0.25) is 5.91 Å². The van der Waals surface area contributed by atoms with Crippen LogP contribution < -0.4 is 5.32 Å². The van der Waals surface area contributed by atoms with E-state index in [2.05, 4.69) is 5.32 Å². The van der Waals surface area contributed by atoms with Crippen LogP contribution in [0.5, 0.6) is 0 Å². The molecule has 2 N–H and O–H groups in total. The van der Waals surface area contributed by atoms with Crippen LogP contribution in [0.1, 0.15) is 37.0 Å². The molecule has 26 heavy (non-hydrogen) atoms. The Kier molecular flexibility index (Phi) is 7.15. The number of carbonyl (C=O) groups excluding carboxylic acids is 2. The molecule has 1 saturated heterocycles. The predicted octanol–water partition coefficient (Wildman–Crippen LogP) is 1.90. The zero-order chi connectivity index (χ0) is 19.1. The maximum absolute atomic E-state index is 12.4. The van der Waals surface area contributed by atoms with Crippen molar-refractivity contribution >= 4 is 23.5 Å². The highest BCUT2D eigenvalue weighted by atomic mass is 16.4. The van der Waals surface area contributed by atoms with E-state index >= 15 is 0 Å². The molecule has 1 aliphatic rings. The number of piperidine rings is 1. The zero-order valence-electron chi connectivity index (χ0n) is 15.4. The summed E-state index contributed by atoms with van der Waals surface area (Å²) >= 11 is 0. The smallest absolute Gasteiger partial charge is 0.307 e. The Hall–Kier alpha value is -2.41. The Bertz CT molecular complexity index is 658. The second-order valence-electron chi connectivity index (χ2n) is 6.52. The summed E-state index contributed by atoms with van der Waals surface area (Å²) in [6.45, 7) is 6.38.